The first-order valence-electron chi connectivity index (χ1n) is 6.14. The summed E-state index contributed by atoms with van der Waals surface area (Å²) in [5, 5.41) is 3.80. The smallest absolute Gasteiger partial charge is 0.263 e. The topological polar surface area (TPSA) is 69.8 Å². The van der Waals surface area contributed by atoms with Crippen molar-refractivity contribution < 1.29 is 21.6 Å². The molecule has 0 saturated heterocycles. The molecule has 0 aliphatic rings. The van der Waals surface area contributed by atoms with Gasteiger partial charge < -0.3 is 0 Å². The lowest BCUT2D eigenvalue weighted by Crippen LogP contribution is -2.11. The minimum absolute atomic E-state index is 0.00953. The molecule has 0 atom stereocenters. The molecule has 0 radical (unpaired) electrons. The van der Waals surface area contributed by atoms with E-state index < -0.39 is 21.9 Å². The molecule has 0 saturated carbocycles. The summed E-state index contributed by atoms with van der Waals surface area (Å²) in [5.74, 6) is 0. The lowest BCUT2D eigenvalue weighted by molar-refractivity contribution is -0.143. The molecular weight excluding hydrogens is 353 g/mol. The molecule has 6 nitrogen and oxygen atoms in total. The molecule has 0 N–H and O–H groups in total. The van der Waals surface area contributed by atoms with Gasteiger partial charge in [-0.05, 0) is 18.2 Å². The number of halogens is 3. The van der Waals surface area contributed by atoms with Gasteiger partial charge in [0.25, 0.3) is 10.0 Å². The molecule has 0 amide bonds. The largest absolute Gasteiger partial charge is 0.433 e. The van der Waals surface area contributed by atoms with Crippen LogP contribution in [0.5, 0.6) is 0 Å². The van der Waals surface area contributed by atoms with Crippen LogP contribution in [0.2, 0.25) is 0 Å². The van der Waals surface area contributed by atoms with Crippen LogP contribution in [-0.2, 0) is 23.2 Å². The maximum atomic E-state index is 12.8. The Morgan fingerprint density at radius 2 is 2.00 bits per heavy atom. The highest BCUT2D eigenvalue weighted by Gasteiger charge is 2.35. The van der Waals surface area contributed by atoms with Crippen LogP contribution in [0.15, 0.2) is 41.1 Å². The molecule has 3 rings (SSSR count). The zero-order valence-corrected chi connectivity index (χ0v) is 13.2. The van der Waals surface area contributed by atoms with E-state index in [4.69, 9.17) is 0 Å². The van der Waals surface area contributed by atoms with Gasteiger partial charge in [-0.1, -0.05) is 0 Å². The van der Waals surface area contributed by atoms with E-state index in [0.29, 0.717) is 4.88 Å². The second-order valence-corrected chi connectivity index (χ2v) is 7.71. The van der Waals surface area contributed by atoms with Crippen LogP contribution in [0, 0.1) is 0 Å². The molecular formula is C12H9F3N4O2S2. The third-order valence-electron chi connectivity index (χ3n) is 3.02. The molecule has 0 aliphatic heterocycles. The fourth-order valence-corrected chi connectivity index (χ4v) is 4.43. The Bertz CT molecular complexity index is 940. The maximum absolute atomic E-state index is 12.8. The van der Waals surface area contributed by atoms with Crippen LogP contribution in [0.25, 0.3) is 10.6 Å². The minimum atomic E-state index is -4.52. The van der Waals surface area contributed by atoms with Crippen molar-refractivity contribution in [3.05, 3.63) is 42.6 Å². The van der Waals surface area contributed by atoms with Crippen LogP contribution in [0.1, 0.15) is 5.69 Å². The van der Waals surface area contributed by atoms with Crippen molar-refractivity contribution in [2.75, 3.05) is 0 Å². The lowest BCUT2D eigenvalue weighted by atomic mass is 10.3. The van der Waals surface area contributed by atoms with Gasteiger partial charge in [0.15, 0.2) is 0 Å². The van der Waals surface area contributed by atoms with Crippen molar-refractivity contribution in [2.45, 2.75) is 10.4 Å². The summed E-state index contributed by atoms with van der Waals surface area (Å²) in [7, 11) is -2.62. The number of hydrogen-bond donors (Lipinski definition) is 0. The molecule has 122 valence electrons. The maximum Gasteiger partial charge on any atom is 0.433 e. The van der Waals surface area contributed by atoms with Crippen molar-refractivity contribution in [2.24, 2.45) is 7.05 Å². The predicted octanol–water partition coefficient (Wildman–Crippen LogP) is 2.60. The summed E-state index contributed by atoms with van der Waals surface area (Å²) in [4.78, 5) is 4.00. The molecule has 0 spiro atoms. The Balaban J connectivity index is 2.01. The average molecular weight is 362 g/mol. The van der Waals surface area contributed by atoms with Gasteiger partial charge in [-0.2, -0.15) is 26.7 Å². The highest BCUT2D eigenvalue weighted by atomic mass is 32.2. The van der Waals surface area contributed by atoms with Gasteiger partial charge in [0.1, 0.15) is 21.9 Å². The van der Waals surface area contributed by atoms with Gasteiger partial charge >= 0.3 is 6.18 Å². The van der Waals surface area contributed by atoms with Crippen LogP contribution in [0.4, 0.5) is 13.2 Å². The van der Waals surface area contributed by atoms with Gasteiger partial charge in [0.2, 0.25) is 0 Å². The molecule has 0 aliphatic carbocycles. The highest BCUT2D eigenvalue weighted by Crippen LogP contribution is 2.35. The standard InChI is InChI=1S/C12H9F3N4O2S2/c1-18-10(12(13,14)15)6-8(17-18)9-2-3-11(22-9)23(20,21)19-5-4-16-7-19/h2-7H,1H3. The fraction of sp³-hybridized carbons (Fsp3) is 0.167. The zero-order valence-electron chi connectivity index (χ0n) is 11.5. The minimum Gasteiger partial charge on any atom is -0.263 e. The summed E-state index contributed by atoms with van der Waals surface area (Å²) in [6, 6.07) is 3.65. The molecule has 23 heavy (non-hydrogen) atoms. The molecule has 0 fully saturated rings. The summed E-state index contributed by atoms with van der Waals surface area (Å²) in [6.45, 7) is 0. The van der Waals surface area contributed by atoms with Crippen LogP contribution >= 0.6 is 11.3 Å². The predicted molar refractivity (Wildman–Crippen MR) is 76.3 cm³/mol. The Hall–Kier alpha value is -2.14. The van der Waals surface area contributed by atoms with E-state index in [2.05, 4.69) is 10.1 Å². The number of nitrogens with zero attached hydrogens (tertiary/aromatic N) is 4. The summed E-state index contributed by atoms with van der Waals surface area (Å²) in [6.07, 6.45) is -0.794. The lowest BCUT2D eigenvalue weighted by Gasteiger charge is -2.04. The Kier molecular flexibility index (Phi) is 3.56. The van der Waals surface area contributed by atoms with Crippen LogP contribution in [-0.4, -0.2) is 27.2 Å². The summed E-state index contributed by atoms with van der Waals surface area (Å²) >= 11 is 0.844. The zero-order chi connectivity index (χ0) is 16.8. The Morgan fingerprint density at radius 1 is 1.26 bits per heavy atom. The third-order valence-corrected chi connectivity index (χ3v) is 6.22. The number of aryl methyl sites for hydroxylation is 1. The number of imidazole rings is 1. The first-order chi connectivity index (χ1) is 10.7. The van der Waals surface area contributed by atoms with Crippen LogP contribution in [0.3, 0.4) is 0 Å². The fourth-order valence-electron chi connectivity index (χ4n) is 1.94. The molecule has 0 aromatic carbocycles. The molecule has 3 aromatic rings. The number of aromatic nitrogens is 4. The molecule has 3 heterocycles. The number of alkyl halides is 3. The summed E-state index contributed by atoms with van der Waals surface area (Å²) < 4.78 is 64.6. The van der Waals surface area contributed by atoms with Crippen molar-refractivity contribution >= 4 is 21.4 Å². The molecule has 0 unspecified atom stereocenters. The first-order valence-corrected chi connectivity index (χ1v) is 8.40. The van der Waals surface area contributed by atoms with E-state index in [1.165, 1.54) is 31.6 Å². The van der Waals surface area contributed by atoms with Crippen molar-refractivity contribution in [1.82, 2.24) is 18.7 Å². The first kappa shape index (κ1) is 15.7. The van der Waals surface area contributed by atoms with E-state index in [1.807, 2.05) is 0 Å². The third kappa shape index (κ3) is 2.77. The van der Waals surface area contributed by atoms with E-state index >= 15 is 0 Å². The van der Waals surface area contributed by atoms with E-state index in [1.54, 1.807) is 0 Å². The SMILES string of the molecule is Cn1nc(-c2ccc(S(=O)(=O)n3ccnc3)s2)cc1C(F)(F)F. The van der Waals surface area contributed by atoms with Gasteiger partial charge in [0, 0.05) is 19.4 Å². The second-order valence-electron chi connectivity index (χ2n) is 4.55. The number of thiophene rings is 1. The molecule has 0 bridgehead atoms. The summed E-state index contributed by atoms with van der Waals surface area (Å²) in [5.41, 5.74) is -0.836. The number of hydrogen-bond acceptors (Lipinski definition) is 5. The Labute approximate surface area is 132 Å². The quantitative estimate of drug-likeness (QED) is 0.718. The van der Waals surface area contributed by atoms with E-state index in [0.717, 1.165) is 32.4 Å². The van der Waals surface area contributed by atoms with E-state index in [-0.39, 0.29) is 9.90 Å². The molecule has 11 heteroatoms. The highest BCUT2D eigenvalue weighted by molar-refractivity contribution is 7.92. The van der Waals surface area contributed by atoms with Gasteiger partial charge in [0.05, 0.1) is 4.88 Å². The van der Waals surface area contributed by atoms with E-state index in [9.17, 15) is 21.6 Å². The number of rotatable bonds is 3. The average Bonchev–Trinajstić information content (AvgIpc) is 3.18. The monoisotopic (exact) mass is 362 g/mol. The molecule has 3 aromatic heterocycles. The van der Waals surface area contributed by atoms with Gasteiger partial charge in [-0.15, -0.1) is 11.3 Å². The van der Waals surface area contributed by atoms with Crippen molar-refractivity contribution in [3.63, 3.8) is 0 Å². The normalized spacial score (nSPS) is 12.7. The van der Waals surface area contributed by atoms with Crippen molar-refractivity contribution in [3.8, 4) is 10.6 Å². The van der Waals surface area contributed by atoms with Gasteiger partial charge in [-0.25, -0.2) is 8.96 Å². The second kappa shape index (κ2) is 5.20. The van der Waals surface area contributed by atoms with Crippen LogP contribution < -0.4 is 0 Å². The Morgan fingerprint density at radius 3 is 2.57 bits per heavy atom. The van der Waals surface area contributed by atoms with Gasteiger partial charge in [-0.3, -0.25) is 4.68 Å². The van der Waals surface area contributed by atoms with Crippen molar-refractivity contribution in [1.29, 1.82) is 0 Å².